The van der Waals surface area contributed by atoms with Crippen LogP contribution in [-0.4, -0.2) is 44.8 Å². The fourth-order valence-corrected chi connectivity index (χ4v) is 6.80. The van der Waals surface area contributed by atoms with Gasteiger partial charge in [0.1, 0.15) is 12.6 Å². The van der Waals surface area contributed by atoms with Crippen molar-refractivity contribution in [3.05, 3.63) is 129 Å². The van der Waals surface area contributed by atoms with Crippen LogP contribution in [0.2, 0.25) is 10.0 Å². The SMILES string of the molecule is CNC(=O)[C@@H](Cc1ccccc1)N(Cc1c(Cl)cccc1Cl)C(=O)CN(c1cc(C)ccc1C)S(=O)(=O)c1ccccc1. The van der Waals surface area contributed by atoms with Crippen molar-refractivity contribution in [1.82, 2.24) is 10.2 Å². The van der Waals surface area contributed by atoms with Crippen molar-refractivity contribution in [3.8, 4) is 0 Å². The molecule has 0 bridgehead atoms. The van der Waals surface area contributed by atoms with E-state index in [2.05, 4.69) is 5.32 Å². The Morgan fingerprint density at radius 3 is 2.05 bits per heavy atom. The van der Waals surface area contributed by atoms with Crippen LogP contribution in [0.5, 0.6) is 0 Å². The summed E-state index contributed by atoms with van der Waals surface area (Å²) >= 11 is 13.0. The Bertz CT molecular complexity index is 1680. The van der Waals surface area contributed by atoms with Gasteiger partial charge in [0, 0.05) is 35.6 Å². The zero-order valence-corrected chi connectivity index (χ0v) is 26.5. The minimum Gasteiger partial charge on any atom is -0.357 e. The molecule has 43 heavy (non-hydrogen) atoms. The maximum atomic E-state index is 14.4. The maximum absolute atomic E-state index is 14.4. The fourth-order valence-electron chi connectivity index (χ4n) is 4.80. The molecular formula is C33H33Cl2N3O4S. The molecule has 0 aliphatic carbocycles. The van der Waals surface area contributed by atoms with Crippen LogP contribution in [0.25, 0.3) is 0 Å². The summed E-state index contributed by atoms with van der Waals surface area (Å²) < 4.78 is 29.3. The molecule has 1 N–H and O–H groups in total. The van der Waals surface area contributed by atoms with Crippen molar-refractivity contribution in [2.45, 2.75) is 37.8 Å². The van der Waals surface area contributed by atoms with Gasteiger partial charge in [-0.05, 0) is 60.9 Å². The topological polar surface area (TPSA) is 86.8 Å². The Kier molecular flexibility index (Phi) is 10.5. The van der Waals surface area contributed by atoms with Gasteiger partial charge in [-0.3, -0.25) is 13.9 Å². The number of hydrogen-bond acceptors (Lipinski definition) is 4. The Morgan fingerprint density at radius 1 is 0.837 bits per heavy atom. The predicted molar refractivity (Wildman–Crippen MR) is 172 cm³/mol. The van der Waals surface area contributed by atoms with Crippen LogP contribution < -0.4 is 9.62 Å². The minimum atomic E-state index is -4.19. The molecule has 0 heterocycles. The monoisotopic (exact) mass is 637 g/mol. The first-order chi connectivity index (χ1) is 20.5. The van der Waals surface area contributed by atoms with Gasteiger partial charge in [0.15, 0.2) is 0 Å². The van der Waals surface area contributed by atoms with E-state index < -0.39 is 34.4 Å². The van der Waals surface area contributed by atoms with Gasteiger partial charge >= 0.3 is 0 Å². The average Bonchev–Trinajstić information content (AvgIpc) is 3.00. The minimum absolute atomic E-state index is 0.0385. The molecule has 0 fully saturated rings. The number of carbonyl (C=O) groups is 2. The molecule has 0 aromatic heterocycles. The first-order valence-corrected chi connectivity index (χ1v) is 15.9. The molecule has 0 unspecified atom stereocenters. The van der Waals surface area contributed by atoms with Crippen molar-refractivity contribution >= 4 is 50.7 Å². The highest BCUT2D eigenvalue weighted by Crippen LogP contribution is 2.30. The Hall–Kier alpha value is -3.85. The van der Waals surface area contributed by atoms with Crippen LogP contribution in [0.1, 0.15) is 22.3 Å². The third kappa shape index (κ3) is 7.57. The van der Waals surface area contributed by atoms with Crippen molar-refractivity contribution in [2.24, 2.45) is 0 Å². The number of likely N-dealkylation sites (N-methyl/N-ethyl adjacent to an activating group) is 1. The predicted octanol–water partition coefficient (Wildman–Crippen LogP) is 6.19. The summed E-state index contributed by atoms with van der Waals surface area (Å²) in [6.07, 6.45) is 0.184. The lowest BCUT2D eigenvalue weighted by Crippen LogP contribution is -2.53. The summed E-state index contributed by atoms with van der Waals surface area (Å²) in [6.45, 7) is 2.96. The molecule has 4 aromatic carbocycles. The van der Waals surface area contributed by atoms with Crippen LogP contribution >= 0.6 is 23.2 Å². The van der Waals surface area contributed by atoms with Crippen molar-refractivity contribution in [3.63, 3.8) is 0 Å². The van der Waals surface area contributed by atoms with Crippen LogP contribution in [0.4, 0.5) is 5.69 Å². The Morgan fingerprint density at radius 2 is 1.44 bits per heavy atom. The second kappa shape index (κ2) is 14.1. The quantitative estimate of drug-likeness (QED) is 0.212. The van der Waals surface area contributed by atoms with Crippen LogP contribution in [0.15, 0.2) is 102 Å². The average molecular weight is 639 g/mol. The lowest BCUT2D eigenvalue weighted by molar-refractivity contribution is -0.139. The first-order valence-electron chi connectivity index (χ1n) is 13.7. The van der Waals surface area contributed by atoms with E-state index in [4.69, 9.17) is 23.2 Å². The van der Waals surface area contributed by atoms with Gasteiger partial charge in [-0.1, -0.05) is 89.9 Å². The smallest absolute Gasteiger partial charge is 0.264 e. The lowest BCUT2D eigenvalue weighted by atomic mass is 10.0. The van der Waals surface area contributed by atoms with E-state index in [1.807, 2.05) is 49.4 Å². The van der Waals surface area contributed by atoms with Gasteiger partial charge in [0.2, 0.25) is 11.8 Å². The van der Waals surface area contributed by atoms with E-state index in [1.165, 1.54) is 24.1 Å². The third-order valence-electron chi connectivity index (χ3n) is 7.15. The molecular weight excluding hydrogens is 605 g/mol. The van der Waals surface area contributed by atoms with Gasteiger partial charge in [0.05, 0.1) is 10.6 Å². The largest absolute Gasteiger partial charge is 0.357 e. The molecule has 0 aliphatic rings. The van der Waals surface area contributed by atoms with Gasteiger partial charge in [-0.25, -0.2) is 8.42 Å². The molecule has 2 amide bonds. The number of rotatable bonds is 11. The van der Waals surface area contributed by atoms with Crippen LogP contribution in [-0.2, 0) is 32.6 Å². The van der Waals surface area contributed by atoms with Gasteiger partial charge in [-0.2, -0.15) is 0 Å². The summed E-state index contributed by atoms with van der Waals surface area (Å²) in [5, 5.41) is 3.31. The highest BCUT2D eigenvalue weighted by Gasteiger charge is 2.35. The van der Waals surface area contributed by atoms with Gasteiger partial charge in [0.25, 0.3) is 10.0 Å². The molecule has 0 saturated carbocycles. The molecule has 7 nitrogen and oxygen atoms in total. The number of sulfonamides is 1. The normalized spacial score (nSPS) is 11.9. The fraction of sp³-hybridized carbons (Fsp3) is 0.212. The molecule has 0 spiro atoms. The van der Waals surface area contributed by atoms with E-state index in [0.717, 1.165) is 15.4 Å². The first kappa shape index (κ1) is 32.1. The molecule has 10 heteroatoms. The molecule has 0 aliphatic heterocycles. The van der Waals surface area contributed by atoms with Crippen molar-refractivity contribution in [1.29, 1.82) is 0 Å². The summed E-state index contributed by atoms with van der Waals surface area (Å²) in [5.41, 5.74) is 3.14. The number of hydrogen-bond donors (Lipinski definition) is 1. The second-order valence-corrected chi connectivity index (χ2v) is 12.8. The van der Waals surface area contributed by atoms with Crippen molar-refractivity contribution < 1.29 is 18.0 Å². The van der Waals surface area contributed by atoms with Gasteiger partial charge in [-0.15, -0.1) is 0 Å². The van der Waals surface area contributed by atoms with Crippen LogP contribution in [0.3, 0.4) is 0 Å². The third-order valence-corrected chi connectivity index (χ3v) is 9.63. The summed E-state index contributed by atoms with van der Waals surface area (Å²) in [4.78, 5) is 29.2. The molecule has 0 radical (unpaired) electrons. The molecule has 4 rings (SSSR count). The highest BCUT2D eigenvalue weighted by molar-refractivity contribution is 7.92. The second-order valence-electron chi connectivity index (χ2n) is 10.2. The lowest BCUT2D eigenvalue weighted by Gasteiger charge is -2.34. The van der Waals surface area contributed by atoms with E-state index in [9.17, 15) is 18.0 Å². The molecule has 224 valence electrons. The van der Waals surface area contributed by atoms with Crippen molar-refractivity contribution in [2.75, 3.05) is 17.9 Å². The maximum Gasteiger partial charge on any atom is 0.264 e. The standard InChI is InChI=1S/C33H33Cl2N3O4S/c1-23-17-18-24(2)30(19-23)38(43(41,42)26-13-8-5-9-14-26)22-32(39)37(21-27-28(34)15-10-16-29(27)35)31(33(40)36-3)20-25-11-6-4-7-12-25/h4-19,31H,20-22H2,1-3H3,(H,36,40)/t31-/m1/s1. The van der Waals surface area contributed by atoms with Gasteiger partial charge < -0.3 is 10.2 Å². The van der Waals surface area contributed by atoms with E-state index in [0.29, 0.717) is 26.9 Å². The van der Waals surface area contributed by atoms with E-state index >= 15 is 0 Å². The zero-order valence-electron chi connectivity index (χ0n) is 24.1. The zero-order chi connectivity index (χ0) is 31.1. The molecule has 0 saturated heterocycles. The summed E-state index contributed by atoms with van der Waals surface area (Å²) in [5.74, 6) is -1.01. The number of nitrogens with zero attached hydrogens (tertiary/aromatic N) is 2. The number of carbonyl (C=O) groups excluding carboxylic acids is 2. The number of halogens is 2. The number of nitrogens with one attached hydrogen (secondary N) is 1. The number of benzene rings is 4. The van der Waals surface area contributed by atoms with Crippen LogP contribution in [0, 0.1) is 13.8 Å². The number of anilines is 1. The van der Waals surface area contributed by atoms with E-state index in [1.54, 1.807) is 49.4 Å². The molecule has 1 atom stereocenters. The Labute approximate surface area is 263 Å². The Balaban J connectivity index is 1.85. The summed E-state index contributed by atoms with van der Waals surface area (Å²) in [7, 11) is -2.69. The summed E-state index contributed by atoms with van der Waals surface area (Å²) in [6, 6.07) is 26.7. The number of amides is 2. The molecule has 4 aromatic rings. The number of aryl methyl sites for hydroxylation is 2. The highest BCUT2D eigenvalue weighted by atomic mass is 35.5. The van der Waals surface area contributed by atoms with E-state index in [-0.39, 0.29) is 17.9 Å².